The van der Waals surface area contributed by atoms with E-state index in [1.54, 1.807) is 10.6 Å². The number of aryl methyl sites for hydroxylation is 1. The van der Waals surface area contributed by atoms with E-state index in [9.17, 15) is 10.1 Å². The zero-order valence-electron chi connectivity index (χ0n) is 15.5. The molecule has 0 aliphatic carbocycles. The van der Waals surface area contributed by atoms with Crippen molar-refractivity contribution in [3.05, 3.63) is 52.8 Å². The Bertz CT molecular complexity index is 846. The Morgan fingerprint density at radius 3 is 2.85 bits per heavy atom. The lowest BCUT2D eigenvalue weighted by atomic mass is 10.0. The molecule has 26 heavy (non-hydrogen) atoms. The number of hydrogen-bond donors (Lipinski definition) is 1. The second kappa shape index (κ2) is 7.65. The number of rotatable bonds is 4. The number of carbonyl (C=O) groups is 1. The normalized spacial score (nSPS) is 17.1. The highest BCUT2D eigenvalue weighted by Crippen LogP contribution is 2.24. The van der Waals surface area contributed by atoms with Crippen molar-refractivity contribution in [2.45, 2.75) is 52.1 Å². The molecule has 1 aromatic carbocycles. The maximum atomic E-state index is 12.9. The van der Waals surface area contributed by atoms with Crippen LogP contribution >= 0.6 is 0 Å². The van der Waals surface area contributed by atoms with Gasteiger partial charge in [0.2, 0.25) is 5.91 Å². The topological polar surface area (TPSA) is 75.0 Å². The minimum absolute atomic E-state index is 0.0646. The molecule has 5 nitrogen and oxygen atoms in total. The molecule has 1 fully saturated rings. The summed E-state index contributed by atoms with van der Waals surface area (Å²) in [5, 5.41) is 9.49. The molecule has 2 N–H and O–H groups in total. The third-order valence-electron chi connectivity index (χ3n) is 5.23. The number of likely N-dealkylation sites (tertiary alicyclic amines) is 1. The van der Waals surface area contributed by atoms with Crippen LogP contribution in [0, 0.1) is 18.3 Å². The maximum absolute atomic E-state index is 12.9. The van der Waals surface area contributed by atoms with Gasteiger partial charge in [-0.1, -0.05) is 29.8 Å². The molecule has 136 valence electrons. The van der Waals surface area contributed by atoms with Crippen LogP contribution in [-0.4, -0.2) is 28.0 Å². The van der Waals surface area contributed by atoms with Gasteiger partial charge < -0.3 is 15.2 Å². The number of anilines is 1. The minimum Gasteiger partial charge on any atom is -0.397 e. The Morgan fingerprint density at radius 1 is 1.35 bits per heavy atom. The number of benzene rings is 1. The van der Waals surface area contributed by atoms with E-state index in [4.69, 9.17) is 5.73 Å². The molecule has 3 rings (SSSR count). The number of nitriles is 1. The number of nitrogens with zero attached hydrogens (tertiary/aromatic N) is 3. The molecule has 1 amide bonds. The smallest absolute Gasteiger partial charge is 0.242 e. The molecular weight excluding hydrogens is 324 g/mol. The third-order valence-corrected chi connectivity index (χ3v) is 5.23. The van der Waals surface area contributed by atoms with Gasteiger partial charge in [0, 0.05) is 24.7 Å². The Hall–Kier alpha value is -2.74. The standard InChI is InChI=1S/C21H26N4O/c1-15-6-5-8-17(10-15)11-20-19(23)12-18(13-22)25(20)14-21(26)24-9-4-3-7-16(24)2/h5-6,8,10,12,16H,3-4,7,9,11,14,23H2,1-2H3. The monoisotopic (exact) mass is 350 g/mol. The van der Waals surface area contributed by atoms with Gasteiger partial charge in [-0.3, -0.25) is 4.79 Å². The summed E-state index contributed by atoms with van der Waals surface area (Å²) in [6, 6.07) is 12.3. The van der Waals surface area contributed by atoms with Crippen molar-refractivity contribution in [2.75, 3.05) is 12.3 Å². The van der Waals surface area contributed by atoms with Crippen molar-refractivity contribution in [2.24, 2.45) is 0 Å². The molecule has 1 aromatic heterocycles. The number of nitrogen functional groups attached to an aromatic ring is 1. The summed E-state index contributed by atoms with van der Waals surface area (Å²) in [5.41, 5.74) is 10.3. The Balaban J connectivity index is 1.88. The van der Waals surface area contributed by atoms with Gasteiger partial charge in [-0.25, -0.2) is 0 Å². The average Bonchev–Trinajstić information content (AvgIpc) is 2.91. The fraction of sp³-hybridized carbons (Fsp3) is 0.429. The molecule has 5 heteroatoms. The Labute approximate surface area is 155 Å². The first-order valence-electron chi connectivity index (χ1n) is 9.22. The Morgan fingerprint density at radius 2 is 2.15 bits per heavy atom. The van der Waals surface area contributed by atoms with Gasteiger partial charge in [-0.05, 0) is 44.7 Å². The van der Waals surface area contributed by atoms with Crippen LogP contribution in [0.15, 0.2) is 30.3 Å². The van der Waals surface area contributed by atoms with Crippen LogP contribution in [0.2, 0.25) is 0 Å². The van der Waals surface area contributed by atoms with Gasteiger partial charge in [-0.2, -0.15) is 5.26 Å². The number of piperidine rings is 1. The van der Waals surface area contributed by atoms with Crippen molar-refractivity contribution < 1.29 is 4.79 Å². The van der Waals surface area contributed by atoms with Crippen LogP contribution in [0.4, 0.5) is 5.69 Å². The second-order valence-electron chi connectivity index (χ2n) is 7.23. The van der Waals surface area contributed by atoms with E-state index in [-0.39, 0.29) is 18.5 Å². The van der Waals surface area contributed by atoms with Crippen molar-refractivity contribution in [3.63, 3.8) is 0 Å². The van der Waals surface area contributed by atoms with Crippen molar-refractivity contribution in [1.82, 2.24) is 9.47 Å². The summed E-state index contributed by atoms with van der Waals surface area (Å²) in [5.74, 6) is 0.0646. The number of carbonyl (C=O) groups excluding carboxylic acids is 1. The molecule has 1 aliphatic heterocycles. The molecule has 1 saturated heterocycles. The molecule has 0 bridgehead atoms. The summed E-state index contributed by atoms with van der Waals surface area (Å²) < 4.78 is 1.79. The quantitative estimate of drug-likeness (QED) is 0.920. The highest BCUT2D eigenvalue weighted by molar-refractivity contribution is 5.77. The van der Waals surface area contributed by atoms with Gasteiger partial charge in [0.25, 0.3) is 0 Å². The molecule has 0 spiro atoms. The van der Waals surface area contributed by atoms with Crippen LogP contribution in [0.1, 0.15) is 48.7 Å². The lowest BCUT2D eigenvalue weighted by Gasteiger charge is -2.33. The van der Waals surface area contributed by atoms with E-state index < -0.39 is 0 Å². The van der Waals surface area contributed by atoms with Gasteiger partial charge in [0.15, 0.2) is 0 Å². The molecule has 2 heterocycles. The maximum Gasteiger partial charge on any atom is 0.242 e. The molecule has 1 aliphatic rings. The van der Waals surface area contributed by atoms with Gasteiger partial charge >= 0.3 is 0 Å². The number of aromatic nitrogens is 1. The van der Waals surface area contributed by atoms with Crippen LogP contribution < -0.4 is 5.73 Å². The highest BCUT2D eigenvalue weighted by Gasteiger charge is 2.25. The first-order valence-corrected chi connectivity index (χ1v) is 9.22. The van der Waals surface area contributed by atoms with E-state index >= 15 is 0 Å². The van der Waals surface area contributed by atoms with E-state index in [1.165, 1.54) is 12.0 Å². The minimum atomic E-state index is 0.0646. The fourth-order valence-electron chi connectivity index (χ4n) is 3.79. The second-order valence-corrected chi connectivity index (χ2v) is 7.23. The van der Waals surface area contributed by atoms with Crippen LogP contribution in [0.5, 0.6) is 0 Å². The lowest BCUT2D eigenvalue weighted by molar-refractivity contribution is -0.135. The molecular formula is C21H26N4O. The zero-order valence-corrected chi connectivity index (χ0v) is 15.5. The summed E-state index contributed by atoms with van der Waals surface area (Å²) in [4.78, 5) is 14.8. The van der Waals surface area contributed by atoms with Crippen molar-refractivity contribution >= 4 is 11.6 Å². The summed E-state index contributed by atoms with van der Waals surface area (Å²) in [6.45, 7) is 5.12. The van der Waals surface area contributed by atoms with Crippen LogP contribution in [0.3, 0.4) is 0 Å². The first-order chi connectivity index (χ1) is 12.5. The highest BCUT2D eigenvalue weighted by atomic mass is 16.2. The van der Waals surface area contributed by atoms with E-state index in [2.05, 4.69) is 19.1 Å². The zero-order chi connectivity index (χ0) is 18.7. The van der Waals surface area contributed by atoms with E-state index in [1.807, 2.05) is 30.0 Å². The fourth-order valence-corrected chi connectivity index (χ4v) is 3.79. The molecule has 0 radical (unpaired) electrons. The van der Waals surface area contributed by atoms with E-state index in [0.717, 1.165) is 30.6 Å². The SMILES string of the molecule is Cc1cccc(Cc2c(N)cc(C#N)n2CC(=O)N2CCCCC2C)c1. The van der Waals surface area contributed by atoms with E-state index in [0.29, 0.717) is 17.8 Å². The van der Waals surface area contributed by atoms with Crippen LogP contribution in [-0.2, 0) is 17.8 Å². The number of hydrogen-bond acceptors (Lipinski definition) is 3. The predicted octanol–water partition coefficient (Wildman–Crippen LogP) is 3.24. The van der Waals surface area contributed by atoms with Crippen molar-refractivity contribution in [1.29, 1.82) is 5.26 Å². The summed E-state index contributed by atoms with van der Waals surface area (Å²) in [7, 11) is 0. The lowest BCUT2D eigenvalue weighted by Crippen LogP contribution is -2.43. The largest absolute Gasteiger partial charge is 0.397 e. The van der Waals surface area contributed by atoms with Gasteiger partial charge in [0.05, 0.1) is 5.69 Å². The molecule has 1 atom stereocenters. The predicted molar refractivity (Wildman–Crippen MR) is 103 cm³/mol. The summed E-state index contributed by atoms with van der Waals surface area (Å²) >= 11 is 0. The molecule has 2 aromatic rings. The molecule has 1 unspecified atom stereocenters. The number of amides is 1. The van der Waals surface area contributed by atoms with Crippen LogP contribution in [0.25, 0.3) is 0 Å². The molecule has 0 saturated carbocycles. The third kappa shape index (κ3) is 3.75. The summed E-state index contributed by atoms with van der Waals surface area (Å²) in [6.07, 6.45) is 3.87. The van der Waals surface area contributed by atoms with Gasteiger partial charge in [0.1, 0.15) is 18.3 Å². The number of nitrogens with two attached hydrogens (primary N) is 1. The van der Waals surface area contributed by atoms with Gasteiger partial charge in [-0.15, -0.1) is 0 Å². The average molecular weight is 350 g/mol. The van der Waals surface area contributed by atoms with Crippen molar-refractivity contribution in [3.8, 4) is 6.07 Å². The Kier molecular flexibility index (Phi) is 5.32. The first kappa shape index (κ1) is 18.1.